The third-order valence-corrected chi connectivity index (χ3v) is 6.29. The van der Waals surface area contributed by atoms with Crippen LogP contribution in [0.5, 0.6) is 17.2 Å². The summed E-state index contributed by atoms with van der Waals surface area (Å²) in [5.41, 5.74) is 4.66. The molecule has 0 aliphatic carbocycles. The van der Waals surface area contributed by atoms with Gasteiger partial charge in [0.15, 0.2) is 16.7 Å². The third-order valence-electron chi connectivity index (χ3n) is 5.35. The van der Waals surface area contributed by atoms with Gasteiger partial charge in [-0.2, -0.15) is 5.10 Å². The largest absolute Gasteiger partial charge is 0.504 e. The van der Waals surface area contributed by atoms with E-state index in [2.05, 4.69) is 15.5 Å². The van der Waals surface area contributed by atoms with Crippen LogP contribution in [0.2, 0.25) is 0 Å². The van der Waals surface area contributed by atoms with E-state index in [0.29, 0.717) is 44.5 Å². The van der Waals surface area contributed by atoms with Gasteiger partial charge in [0.05, 0.1) is 42.3 Å². The van der Waals surface area contributed by atoms with Crippen LogP contribution >= 0.6 is 11.8 Å². The molecule has 0 aliphatic heterocycles. The van der Waals surface area contributed by atoms with Crippen LogP contribution < -0.4 is 20.5 Å². The number of nitrogens with zero attached hydrogens (tertiary/aromatic N) is 3. The molecule has 1 heterocycles. The second-order valence-corrected chi connectivity index (χ2v) is 8.60. The SMILES string of the molecule is COc1ccc(-n2c(SCC(=O)N/N=C(/C)c3ccc(O)c(OC)c3)nc3ccccc3c2=O)cc1. The molecule has 0 saturated heterocycles. The van der Waals surface area contributed by atoms with Crippen molar-refractivity contribution in [1.29, 1.82) is 0 Å². The van der Waals surface area contributed by atoms with Crippen LogP contribution in [0, 0.1) is 0 Å². The maximum atomic E-state index is 13.3. The number of fused-ring (bicyclic) bond motifs is 1. The Hall–Kier alpha value is -4.31. The summed E-state index contributed by atoms with van der Waals surface area (Å²) in [4.78, 5) is 30.5. The normalized spacial score (nSPS) is 11.4. The number of phenolic OH excluding ortho intramolecular Hbond substituents is 1. The molecule has 0 spiro atoms. The van der Waals surface area contributed by atoms with Gasteiger partial charge in [0, 0.05) is 5.56 Å². The minimum Gasteiger partial charge on any atom is -0.504 e. The predicted octanol–water partition coefficient (Wildman–Crippen LogP) is 3.74. The Labute approximate surface area is 211 Å². The van der Waals surface area contributed by atoms with Crippen molar-refractivity contribution in [2.45, 2.75) is 12.1 Å². The number of aromatic hydroxyl groups is 1. The molecular weight excluding hydrogens is 480 g/mol. The van der Waals surface area contributed by atoms with Crippen molar-refractivity contribution in [1.82, 2.24) is 15.0 Å². The van der Waals surface area contributed by atoms with Gasteiger partial charge in [0.1, 0.15) is 5.75 Å². The fourth-order valence-corrected chi connectivity index (χ4v) is 4.25. The monoisotopic (exact) mass is 504 g/mol. The molecule has 4 rings (SSSR count). The average Bonchev–Trinajstić information content (AvgIpc) is 2.91. The summed E-state index contributed by atoms with van der Waals surface area (Å²) in [6.07, 6.45) is 0. The summed E-state index contributed by atoms with van der Waals surface area (Å²) in [5.74, 6) is 0.599. The predicted molar refractivity (Wildman–Crippen MR) is 140 cm³/mol. The van der Waals surface area contributed by atoms with Crippen molar-refractivity contribution in [3.8, 4) is 22.9 Å². The summed E-state index contributed by atoms with van der Waals surface area (Å²) in [6, 6.07) is 18.9. The van der Waals surface area contributed by atoms with Crippen LogP contribution in [0.1, 0.15) is 12.5 Å². The smallest absolute Gasteiger partial charge is 0.266 e. The second-order valence-electron chi connectivity index (χ2n) is 7.66. The molecule has 4 aromatic rings. The van der Waals surface area contributed by atoms with Gasteiger partial charge in [0.2, 0.25) is 0 Å². The average molecular weight is 505 g/mol. The lowest BCUT2D eigenvalue weighted by atomic mass is 10.1. The van der Waals surface area contributed by atoms with Gasteiger partial charge in [-0.25, -0.2) is 10.4 Å². The van der Waals surface area contributed by atoms with Crippen molar-refractivity contribution >= 4 is 34.3 Å². The zero-order valence-electron chi connectivity index (χ0n) is 19.9. The number of hydrogen-bond acceptors (Lipinski definition) is 8. The van der Waals surface area contributed by atoms with Crippen molar-refractivity contribution in [2.75, 3.05) is 20.0 Å². The number of amides is 1. The number of carbonyl (C=O) groups excluding carboxylic acids is 1. The van der Waals surface area contributed by atoms with Crippen molar-refractivity contribution < 1.29 is 19.4 Å². The van der Waals surface area contributed by atoms with E-state index in [-0.39, 0.29) is 23.0 Å². The first-order chi connectivity index (χ1) is 17.4. The molecule has 10 heteroatoms. The molecule has 0 saturated carbocycles. The number of nitrogens with one attached hydrogen (secondary N) is 1. The Morgan fingerprint density at radius 3 is 2.56 bits per heavy atom. The van der Waals surface area contributed by atoms with Crippen molar-refractivity contribution in [2.24, 2.45) is 5.10 Å². The lowest BCUT2D eigenvalue weighted by Crippen LogP contribution is -2.24. The molecule has 0 atom stereocenters. The van der Waals surface area contributed by atoms with Crippen LogP contribution in [0.4, 0.5) is 0 Å². The zero-order valence-corrected chi connectivity index (χ0v) is 20.7. The molecule has 1 amide bonds. The molecule has 36 heavy (non-hydrogen) atoms. The lowest BCUT2D eigenvalue weighted by molar-refractivity contribution is -0.118. The number of phenols is 1. The molecular formula is C26H24N4O5S. The van der Waals surface area contributed by atoms with Crippen LogP contribution in [0.15, 0.2) is 81.8 Å². The molecule has 1 aromatic heterocycles. The Balaban J connectivity index is 1.56. The van der Waals surface area contributed by atoms with E-state index in [1.807, 2.05) is 6.07 Å². The van der Waals surface area contributed by atoms with E-state index >= 15 is 0 Å². The highest BCUT2D eigenvalue weighted by Crippen LogP contribution is 2.26. The first-order valence-corrected chi connectivity index (χ1v) is 11.9. The number of aromatic nitrogens is 2. The van der Waals surface area contributed by atoms with E-state index in [1.54, 1.807) is 68.6 Å². The topological polar surface area (TPSA) is 115 Å². The summed E-state index contributed by atoms with van der Waals surface area (Å²) < 4.78 is 11.8. The minimum atomic E-state index is -0.367. The summed E-state index contributed by atoms with van der Waals surface area (Å²) in [7, 11) is 3.03. The maximum Gasteiger partial charge on any atom is 0.266 e. The molecule has 9 nitrogen and oxygen atoms in total. The Morgan fingerprint density at radius 2 is 1.83 bits per heavy atom. The quantitative estimate of drug-likeness (QED) is 0.163. The number of ether oxygens (including phenoxy) is 2. The molecule has 184 valence electrons. The summed E-state index contributed by atoms with van der Waals surface area (Å²) >= 11 is 1.13. The van der Waals surface area contributed by atoms with Crippen molar-refractivity contribution in [3.63, 3.8) is 0 Å². The Bertz CT molecular complexity index is 1500. The number of rotatable bonds is 8. The first-order valence-electron chi connectivity index (χ1n) is 10.9. The molecule has 2 N–H and O–H groups in total. The van der Waals surface area contributed by atoms with E-state index in [4.69, 9.17) is 9.47 Å². The standard InChI is InChI=1S/C26H24N4O5S/c1-16(17-8-13-22(31)23(14-17)35-3)28-29-24(32)15-36-26-27-21-7-5-4-6-20(21)25(33)30(26)18-9-11-19(34-2)12-10-18/h4-14,31H,15H2,1-3H3,(H,29,32)/b28-16-. The van der Waals surface area contributed by atoms with Gasteiger partial charge in [-0.3, -0.25) is 14.2 Å². The van der Waals surface area contributed by atoms with E-state index in [0.717, 1.165) is 11.8 Å². The molecule has 0 fully saturated rings. The highest BCUT2D eigenvalue weighted by atomic mass is 32.2. The van der Waals surface area contributed by atoms with Gasteiger partial charge < -0.3 is 14.6 Å². The fourth-order valence-electron chi connectivity index (χ4n) is 3.44. The molecule has 0 radical (unpaired) electrons. The number of methoxy groups -OCH3 is 2. The number of hydrazone groups is 1. The number of hydrogen-bond donors (Lipinski definition) is 2. The molecule has 0 aliphatic rings. The molecule has 0 bridgehead atoms. The summed E-state index contributed by atoms with van der Waals surface area (Å²) in [5, 5.41) is 14.8. The third kappa shape index (κ3) is 5.33. The number of carbonyl (C=O) groups is 1. The van der Waals surface area contributed by atoms with E-state index in [9.17, 15) is 14.7 Å². The van der Waals surface area contributed by atoms with Gasteiger partial charge in [-0.1, -0.05) is 23.9 Å². The maximum absolute atomic E-state index is 13.3. The van der Waals surface area contributed by atoms with E-state index in [1.165, 1.54) is 17.7 Å². The van der Waals surface area contributed by atoms with Crippen LogP contribution in [0.25, 0.3) is 16.6 Å². The van der Waals surface area contributed by atoms with Gasteiger partial charge >= 0.3 is 0 Å². The minimum absolute atomic E-state index is 0.0141. The van der Waals surface area contributed by atoms with Crippen LogP contribution in [-0.4, -0.2) is 46.2 Å². The van der Waals surface area contributed by atoms with E-state index < -0.39 is 0 Å². The van der Waals surface area contributed by atoms with Gasteiger partial charge in [-0.15, -0.1) is 0 Å². The summed E-state index contributed by atoms with van der Waals surface area (Å²) in [6.45, 7) is 1.73. The lowest BCUT2D eigenvalue weighted by Gasteiger charge is -2.13. The highest BCUT2D eigenvalue weighted by molar-refractivity contribution is 7.99. The van der Waals surface area contributed by atoms with Crippen LogP contribution in [-0.2, 0) is 4.79 Å². The van der Waals surface area contributed by atoms with Crippen molar-refractivity contribution in [3.05, 3.63) is 82.6 Å². The molecule has 3 aromatic carbocycles. The number of benzene rings is 3. The molecule has 0 unspecified atom stereocenters. The van der Waals surface area contributed by atoms with Gasteiger partial charge in [-0.05, 0) is 61.5 Å². The number of thioether (sulfide) groups is 1. The second kappa shape index (κ2) is 11.0. The fraction of sp³-hybridized carbons (Fsp3) is 0.154. The first kappa shape index (κ1) is 24.8. The zero-order chi connectivity index (χ0) is 25.7. The highest BCUT2D eigenvalue weighted by Gasteiger charge is 2.15. The number of para-hydroxylation sites is 1. The Morgan fingerprint density at radius 1 is 1.08 bits per heavy atom. The Kier molecular flexibility index (Phi) is 7.55. The van der Waals surface area contributed by atoms with Gasteiger partial charge in [0.25, 0.3) is 11.5 Å². The van der Waals surface area contributed by atoms with Crippen LogP contribution in [0.3, 0.4) is 0 Å².